The van der Waals surface area contributed by atoms with Crippen molar-refractivity contribution in [1.82, 2.24) is 5.32 Å². The Labute approximate surface area is 121 Å². The Morgan fingerprint density at radius 3 is 2.84 bits per heavy atom. The molecule has 0 aliphatic rings. The van der Waals surface area contributed by atoms with Crippen LogP contribution in [0.2, 0.25) is 0 Å². The molecule has 2 aromatic heterocycles. The van der Waals surface area contributed by atoms with E-state index < -0.39 is 0 Å². The molecule has 0 aliphatic heterocycles. The first-order chi connectivity index (χ1) is 9.31. The van der Waals surface area contributed by atoms with Crippen molar-refractivity contribution in [2.45, 2.75) is 19.4 Å². The summed E-state index contributed by atoms with van der Waals surface area (Å²) in [6, 6.07) is 13.9. The first-order valence-electron chi connectivity index (χ1n) is 6.56. The molecule has 3 heteroatoms. The normalized spacial score (nSPS) is 12.9. The van der Waals surface area contributed by atoms with Gasteiger partial charge in [0.15, 0.2) is 0 Å². The monoisotopic (exact) mass is 287 g/mol. The summed E-state index contributed by atoms with van der Waals surface area (Å²) >= 11 is 3.70. The van der Waals surface area contributed by atoms with Crippen LogP contribution in [-0.2, 0) is 0 Å². The Morgan fingerprint density at radius 2 is 2.05 bits per heavy atom. The molecule has 19 heavy (non-hydrogen) atoms. The van der Waals surface area contributed by atoms with Crippen molar-refractivity contribution in [3.8, 4) is 10.4 Å². The van der Waals surface area contributed by atoms with Crippen LogP contribution < -0.4 is 5.32 Å². The molecule has 0 radical (unpaired) electrons. The number of rotatable bonds is 4. The van der Waals surface area contributed by atoms with E-state index in [-0.39, 0.29) is 0 Å². The van der Waals surface area contributed by atoms with Gasteiger partial charge in [0, 0.05) is 20.5 Å². The first kappa shape index (κ1) is 12.9. The average molecular weight is 287 g/mol. The zero-order valence-corrected chi connectivity index (χ0v) is 12.8. The highest BCUT2D eigenvalue weighted by atomic mass is 32.1. The highest BCUT2D eigenvalue weighted by molar-refractivity contribution is 7.17. The van der Waals surface area contributed by atoms with Crippen molar-refractivity contribution >= 4 is 32.8 Å². The molecule has 1 aromatic carbocycles. The highest BCUT2D eigenvalue weighted by Crippen LogP contribution is 2.34. The maximum Gasteiger partial charge on any atom is 0.0409 e. The average Bonchev–Trinajstić information content (AvgIpc) is 3.08. The quantitative estimate of drug-likeness (QED) is 0.686. The third kappa shape index (κ3) is 2.46. The molecule has 0 saturated carbocycles. The lowest BCUT2D eigenvalue weighted by atomic mass is 10.1. The number of hydrogen-bond donors (Lipinski definition) is 1. The van der Waals surface area contributed by atoms with E-state index in [4.69, 9.17) is 0 Å². The summed E-state index contributed by atoms with van der Waals surface area (Å²) in [7, 11) is 2.03. The van der Waals surface area contributed by atoms with Gasteiger partial charge in [0.05, 0.1) is 0 Å². The van der Waals surface area contributed by atoms with E-state index in [2.05, 4.69) is 54.0 Å². The summed E-state index contributed by atoms with van der Waals surface area (Å²) in [5.74, 6) is 0. The Morgan fingerprint density at radius 1 is 1.16 bits per heavy atom. The second-order valence-corrected chi connectivity index (χ2v) is 6.69. The molecule has 0 fully saturated rings. The van der Waals surface area contributed by atoms with E-state index in [1.54, 1.807) is 11.3 Å². The maximum atomic E-state index is 3.37. The van der Waals surface area contributed by atoms with Crippen LogP contribution in [0.4, 0.5) is 0 Å². The van der Waals surface area contributed by atoms with Gasteiger partial charge in [-0.25, -0.2) is 0 Å². The Hall–Kier alpha value is -1.16. The fourth-order valence-electron chi connectivity index (χ4n) is 2.36. The number of benzene rings is 1. The smallest absolute Gasteiger partial charge is 0.0409 e. The van der Waals surface area contributed by atoms with Gasteiger partial charge in [0.25, 0.3) is 0 Å². The van der Waals surface area contributed by atoms with Crippen molar-refractivity contribution < 1.29 is 0 Å². The zero-order valence-electron chi connectivity index (χ0n) is 11.1. The Bertz CT molecular complexity index is 677. The minimum absolute atomic E-state index is 0.476. The molecule has 3 aromatic rings. The van der Waals surface area contributed by atoms with Gasteiger partial charge in [0.1, 0.15) is 0 Å². The topological polar surface area (TPSA) is 12.0 Å². The standard InChI is InChI=1S/C16H17NS2/c1-3-13(17-2)16-7-6-15(19-16)11-4-5-14-12(10-11)8-9-18-14/h4-10,13,17H,3H2,1-2H3. The third-order valence-corrected chi connectivity index (χ3v) is 5.61. The number of fused-ring (bicyclic) bond motifs is 1. The molecular weight excluding hydrogens is 270 g/mol. The second-order valence-electron chi connectivity index (χ2n) is 4.62. The van der Waals surface area contributed by atoms with Gasteiger partial charge >= 0.3 is 0 Å². The molecule has 0 aliphatic carbocycles. The molecule has 1 nitrogen and oxygen atoms in total. The van der Waals surface area contributed by atoms with Crippen molar-refractivity contribution in [3.05, 3.63) is 46.7 Å². The van der Waals surface area contributed by atoms with Crippen molar-refractivity contribution in [3.63, 3.8) is 0 Å². The molecule has 1 N–H and O–H groups in total. The molecule has 1 unspecified atom stereocenters. The van der Waals surface area contributed by atoms with Crippen LogP contribution in [0.15, 0.2) is 41.8 Å². The lowest BCUT2D eigenvalue weighted by Gasteiger charge is -2.10. The van der Waals surface area contributed by atoms with E-state index >= 15 is 0 Å². The third-order valence-electron chi connectivity index (χ3n) is 3.46. The predicted molar refractivity (Wildman–Crippen MR) is 87.2 cm³/mol. The fraction of sp³-hybridized carbons (Fsp3) is 0.250. The SMILES string of the molecule is CCC(NC)c1ccc(-c2ccc3sccc3c2)s1. The van der Waals surface area contributed by atoms with Gasteiger partial charge < -0.3 is 5.32 Å². The number of hydrogen-bond acceptors (Lipinski definition) is 3. The highest BCUT2D eigenvalue weighted by Gasteiger charge is 2.10. The van der Waals surface area contributed by atoms with Crippen LogP contribution in [0.1, 0.15) is 24.3 Å². The molecular formula is C16H17NS2. The van der Waals surface area contributed by atoms with Crippen LogP contribution in [-0.4, -0.2) is 7.05 Å². The summed E-state index contributed by atoms with van der Waals surface area (Å²) in [5.41, 5.74) is 1.33. The molecule has 0 spiro atoms. The van der Waals surface area contributed by atoms with Crippen molar-refractivity contribution in [2.24, 2.45) is 0 Å². The van der Waals surface area contributed by atoms with Gasteiger partial charge in [-0.3, -0.25) is 0 Å². The maximum absolute atomic E-state index is 3.37. The van der Waals surface area contributed by atoms with Crippen LogP contribution in [0.3, 0.4) is 0 Å². The Kier molecular flexibility index (Phi) is 3.69. The number of nitrogens with one attached hydrogen (secondary N) is 1. The fourth-order valence-corrected chi connectivity index (χ4v) is 4.33. The predicted octanol–water partition coefficient (Wildman–Crippen LogP) is 5.30. The van der Waals surface area contributed by atoms with Gasteiger partial charge in [-0.2, -0.15) is 0 Å². The molecule has 0 amide bonds. The van der Waals surface area contributed by atoms with Crippen molar-refractivity contribution in [2.75, 3.05) is 7.05 Å². The van der Waals surface area contributed by atoms with Gasteiger partial charge in [-0.05, 0) is 60.1 Å². The molecule has 2 heterocycles. The van der Waals surface area contributed by atoms with E-state index in [0.717, 1.165) is 6.42 Å². The zero-order chi connectivity index (χ0) is 13.2. The van der Waals surface area contributed by atoms with Gasteiger partial charge in [0.2, 0.25) is 0 Å². The summed E-state index contributed by atoms with van der Waals surface area (Å²) in [4.78, 5) is 2.78. The van der Waals surface area contributed by atoms with Crippen LogP contribution in [0.5, 0.6) is 0 Å². The Balaban J connectivity index is 1.97. The largest absolute Gasteiger partial charge is 0.312 e. The molecule has 0 saturated heterocycles. The first-order valence-corrected chi connectivity index (χ1v) is 8.26. The van der Waals surface area contributed by atoms with E-state index in [0.29, 0.717) is 6.04 Å². The van der Waals surface area contributed by atoms with Gasteiger partial charge in [-0.15, -0.1) is 22.7 Å². The molecule has 0 bridgehead atoms. The van der Waals surface area contributed by atoms with Crippen LogP contribution >= 0.6 is 22.7 Å². The summed E-state index contributed by atoms with van der Waals surface area (Å²) in [6.45, 7) is 2.22. The van der Waals surface area contributed by atoms with E-state index in [9.17, 15) is 0 Å². The molecule has 3 rings (SSSR count). The van der Waals surface area contributed by atoms with E-state index in [1.165, 1.54) is 25.4 Å². The number of thiophene rings is 2. The second kappa shape index (κ2) is 5.45. The van der Waals surface area contributed by atoms with E-state index in [1.807, 2.05) is 18.4 Å². The summed E-state index contributed by atoms with van der Waals surface area (Å²) in [5, 5.41) is 6.87. The van der Waals surface area contributed by atoms with Crippen LogP contribution in [0, 0.1) is 0 Å². The minimum atomic E-state index is 0.476. The lowest BCUT2D eigenvalue weighted by Crippen LogP contribution is -2.13. The minimum Gasteiger partial charge on any atom is -0.312 e. The van der Waals surface area contributed by atoms with Gasteiger partial charge in [-0.1, -0.05) is 13.0 Å². The molecule has 1 atom stereocenters. The van der Waals surface area contributed by atoms with Crippen LogP contribution in [0.25, 0.3) is 20.5 Å². The molecule has 98 valence electrons. The lowest BCUT2D eigenvalue weighted by molar-refractivity contribution is 0.586. The summed E-state index contributed by atoms with van der Waals surface area (Å²) < 4.78 is 1.36. The summed E-state index contributed by atoms with van der Waals surface area (Å²) in [6.07, 6.45) is 1.13. The van der Waals surface area contributed by atoms with Crippen molar-refractivity contribution in [1.29, 1.82) is 0 Å².